The summed E-state index contributed by atoms with van der Waals surface area (Å²) in [6, 6.07) is 0. The summed E-state index contributed by atoms with van der Waals surface area (Å²) >= 11 is 0. The van der Waals surface area contributed by atoms with Crippen molar-refractivity contribution in [3.05, 3.63) is 0 Å². The minimum absolute atomic E-state index is 0.0577. The van der Waals surface area contributed by atoms with E-state index in [1.54, 1.807) is 0 Å². The van der Waals surface area contributed by atoms with Crippen molar-refractivity contribution in [2.75, 3.05) is 40.0 Å². The van der Waals surface area contributed by atoms with Crippen LogP contribution in [0, 0.1) is 10.8 Å². The maximum absolute atomic E-state index is 9.30. The summed E-state index contributed by atoms with van der Waals surface area (Å²) in [7, 11) is 1.83. The first-order valence-electron chi connectivity index (χ1n) is 8.81. The number of nitrogens with zero attached hydrogens (tertiary/aromatic N) is 1. The highest BCUT2D eigenvalue weighted by Crippen LogP contribution is 2.40. The van der Waals surface area contributed by atoms with Crippen molar-refractivity contribution in [1.29, 1.82) is 0 Å². The van der Waals surface area contributed by atoms with Crippen LogP contribution in [0.5, 0.6) is 0 Å². The molecule has 0 aromatic heterocycles. The summed E-state index contributed by atoms with van der Waals surface area (Å²) in [5.41, 5.74) is 0.513. The number of aliphatic imine (C=N–C) groups is 1. The highest BCUT2D eigenvalue weighted by molar-refractivity contribution is 5.79. The molecule has 3 N–H and O–H groups in total. The molecule has 0 aromatic carbocycles. The molecule has 0 amide bonds. The van der Waals surface area contributed by atoms with Gasteiger partial charge >= 0.3 is 0 Å². The van der Waals surface area contributed by atoms with Crippen LogP contribution in [0.4, 0.5) is 0 Å². The number of hydrogen-bond acceptors (Lipinski definition) is 3. The molecular weight excluding hydrogens is 278 g/mol. The van der Waals surface area contributed by atoms with Gasteiger partial charge in [0.05, 0.1) is 6.61 Å². The topological polar surface area (TPSA) is 65.9 Å². The zero-order chi connectivity index (χ0) is 15.9. The Morgan fingerprint density at radius 3 is 2.32 bits per heavy atom. The van der Waals surface area contributed by atoms with Gasteiger partial charge in [-0.05, 0) is 37.5 Å². The highest BCUT2D eigenvalue weighted by atomic mass is 16.5. The first kappa shape index (κ1) is 17.5. The van der Waals surface area contributed by atoms with Gasteiger partial charge in [-0.25, -0.2) is 0 Å². The Labute approximate surface area is 134 Å². The maximum Gasteiger partial charge on any atom is 0.191 e. The first-order chi connectivity index (χ1) is 10.7. The lowest BCUT2D eigenvalue weighted by molar-refractivity contribution is 0.127. The van der Waals surface area contributed by atoms with E-state index < -0.39 is 0 Å². The number of aliphatic hydroxyl groups is 1. The highest BCUT2D eigenvalue weighted by Gasteiger charge is 2.35. The van der Waals surface area contributed by atoms with Crippen LogP contribution in [0.25, 0.3) is 0 Å². The molecule has 0 aromatic rings. The van der Waals surface area contributed by atoms with E-state index in [9.17, 15) is 5.11 Å². The van der Waals surface area contributed by atoms with Crippen LogP contribution >= 0.6 is 0 Å². The Hall–Kier alpha value is -0.810. The summed E-state index contributed by atoms with van der Waals surface area (Å²) < 4.78 is 5.54. The number of rotatable bonds is 7. The molecule has 0 radical (unpaired) electrons. The lowest BCUT2D eigenvalue weighted by atomic mass is 9.83. The minimum Gasteiger partial charge on any atom is -0.396 e. The smallest absolute Gasteiger partial charge is 0.191 e. The Balaban J connectivity index is 1.82. The molecule has 0 bridgehead atoms. The molecular formula is C17H33N3O2. The van der Waals surface area contributed by atoms with E-state index in [0.717, 1.165) is 45.1 Å². The Kier molecular flexibility index (Phi) is 6.50. The fraction of sp³-hybridized carbons (Fsp3) is 0.941. The van der Waals surface area contributed by atoms with Gasteiger partial charge < -0.3 is 20.5 Å². The summed E-state index contributed by atoms with van der Waals surface area (Å²) in [6.07, 6.45) is 8.41. The molecule has 1 saturated heterocycles. The summed E-state index contributed by atoms with van der Waals surface area (Å²) in [6.45, 7) is 5.87. The van der Waals surface area contributed by atoms with Gasteiger partial charge in [0.25, 0.3) is 0 Å². The van der Waals surface area contributed by atoms with E-state index in [1.165, 1.54) is 32.1 Å². The van der Waals surface area contributed by atoms with E-state index in [1.807, 2.05) is 7.05 Å². The van der Waals surface area contributed by atoms with Crippen LogP contribution in [0.15, 0.2) is 4.99 Å². The van der Waals surface area contributed by atoms with Gasteiger partial charge in [0.1, 0.15) is 0 Å². The van der Waals surface area contributed by atoms with E-state index >= 15 is 0 Å². The normalized spacial score (nSPS) is 28.0. The van der Waals surface area contributed by atoms with Crippen LogP contribution in [-0.4, -0.2) is 51.0 Å². The van der Waals surface area contributed by atoms with Crippen LogP contribution in [0.3, 0.4) is 0 Å². The van der Waals surface area contributed by atoms with E-state index in [2.05, 4.69) is 22.5 Å². The predicted molar refractivity (Wildman–Crippen MR) is 90.1 cm³/mol. The molecule has 1 atom stereocenters. The van der Waals surface area contributed by atoms with Crippen molar-refractivity contribution >= 4 is 5.96 Å². The van der Waals surface area contributed by atoms with E-state index in [0.29, 0.717) is 5.41 Å². The molecule has 1 heterocycles. The molecule has 1 aliphatic carbocycles. The lowest BCUT2D eigenvalue weighted by Crippen LogP contribution is -2.47. The monoisotopic (exact) mass is 311 g/mol. The number of ether oxygens (including phenoxy) is 1. The lowest BCUT2D eigenvalue weighted by Gasteiger charge is -2.31. The predicted octanol–water partition coefficient (Wildman–Crippen LogP) is 1.91. The second-order valence-electron chi connectivity index (χ2n) is 7.12. The SMILES string of the molecule is CCC1(CNC(=NC)NCC2(CCO)CCOC2)CCCC1. The van der Waals surface area contributed by atoms with Gasteiger partial charge in [0.2, 0.25) is 0 Å². The van der Waals surface area contributed by atoms with Crippen molar-refractivity contribution in [2.45, 2.75) is 51.9 Å². The molecule has 0 spiro atoms. The summed E-state index contributed by atoms with van der Waals surface area (Å²) in [5, 5.41) is 16.3. The van der Waals surface area contributed by atoms with Crippen molar-refractivity contribution < 1.29 is 9.84 Å². The number of nitrogens with one attached hydrogen (secondary N) is 2. The van der Waals surface area contributed by atoms with E-state index in [4.69, 9.17) is 4.74 Å². The molecule has 1 unspecified atom stereocenters. The van der Waals surface area contributed by atoms with Gasteiger partial charge in [-0.3, -0.25) is 4.99 Å². The molecule has 5 heteroatoms. The minimum atomic E-state index is 0.0577. The fourth-order valence-corrected chi connectivity index (χ4v) is 3.86. The number of aliphatic hydroxyl groups excluding tert-OH is 1. The van der Waals surface area contributed by atoms with Gasteiger partial charge in [0, 0.05) is 38.8 Å². The third-order valence-electron chi connectivity index (χ3n) is 5.73. The average molecular weight is 311 g/mol. The summed E-state index contributed by atoms with van der Waals surface area (Å²) in [5.74, 6) is 0.879. The average Bonchev–Trinajstić information content (AvgIpc) is 3.18. The summed E-state index contributed by atoms with van der Waals surface area (Å²) in [4.78, 5) is 4.36. The fourth-order valence-electron chi connectivity index (χ4n) is 3.86. The Morgan fingerprint density at radius 2 is 1.82 bits per heavy atom. The second kappa shape index (κ2) is 8.16. The molecule has 2 rings (SSSR count). The van der Waals surface area contributed by atoms with Crippen molar-refractivity contribution in [2.24, 2.45) is 15.8 Å². The molecule has 1 aliphatic heterocycles. The van der Waals surface area contributed by atoms with Crippen LogP contribution in [0.1, 0.15) is 51.9 Å². The van der Waals surface area contributed by atoms with Gasteiger partial charge in [-0.15, -0.1) is 0 Å². The van der Waals surface area contributed by atoms with Crippen LogP contribution in [0.2, 0.25) is 0 Å². The molecule has 128 valence electrons. The number of guanidine groups is 1. The Morgan fingerprint density at radius 1 is 1.14 bits per heavy atom. The number of hydrogen-bond donors (Lipinski definition) is 3. The molecule has 22 heavy (non-hydrogen) atoms. The third kappa shape index (κ3) is 4.35. The van der Waals surface area contributed by atoms with Crippen LogP contribution in [-0.2, 0) is 4.74 Å². The molecule has 5 nitrogen and oxygen atoms in total. The molecule has 2 fully saturated rings. The molecule has 2 aliphatic rings. The van der Waals surface area contributed by atoms with Crippen molar-refractivity contribution in [3.8, 4) is 0 Å². The zero-order valence-electron chi connectivity index (χ0n) is 14.3. The third-order valence-corrected chi connectivity index (χ3v) is 5.73. The maximum atomic E-state index is 9.30. The Bertz CT molecular complexity index is 359. The standard InChI is InChI=1S/C17H33N3O2/c1-3-16(6-4-5-7-16)12-19-15(18-2)20-13-17(8-10-21)9-11-22-14-17/h21H,3-14H2,1-2H3,(H2,18,19,20). The van der Waals surface area contributed by atoms with Gasteiger partial charge in [-0.1, -0.05) is 19.8 Å². The second-order valence-corrected chi connectivity index (χ2v) is 7.12. The van der Waals surface area contributed by atoms with Crippen molar-refractivity contribution in [3.63, 3.8) is 0 Å². The van der Waals surface area contributed by atoms with E-state index in [-0.39, 0.29) is 12.0 Å². The quantitative estimate of drug-likeness (QED) is 0.496. The van der Waals surface area contributed by atoms with Crippen molar-refractivity contribution in [1.82, 2.24) is 10.6 Å². The first-order valence-corrected chi connectivity index (χ1v) is 8.81. The van der Waals surface area contributed by atoms with Crippen LogP contribution < -0.4 is 10.6 Å². The molecule has 1 saturated carbocycles. The largest absolute Gasteiger partial charge is 0.396 e. The van der Waals surface area contributed by atoms with Gasteiger partial charge in [0.15, 0.2) is 5.96 Å². The van der Waals surface area contributed by atoms with Gasteiger partial charge in [-0.2, -0.15) is 0 Å². The zero-order valence-corrected chi connectivity index (χ0v) is 14.3.